The van der Waals surface area contributed by atoms with Gasteiger partial charge in [-0.3, -0.25) is 25.8 Å². The molecule has 1 atom stereocenters. The number of thiocarbonyl (C=S) groups is 1. The largest absolute Gasteiger partial charge is 0.490 e. The molecule has 0 aliphatic heterocycles. The summed E-state index contributed by atoms with van der Waals surface area (Å²) in [6.07, 6.45) is 0.956. The van der Waals surface area contributed by atoms with E-state index >= 15 is 0 Å². The van der Waals surface area contributed by atoms with E-state index in [4.69, 9.17) is 26.4 Å². The molecule has 2 amide bonds. The summed E-state index contributed by atoms with van der Waals surface area (Å²) in [7, 11) is 0. The van der Waals surface area contributed by atoms with Crippen LogP contribution in [0.25, 0.3) is 0 Å². The molecule has 0 fully saturated rings. The van der Waals surface area contributed by atoms with E-state index in [1.165, 1.54) is 0 Å². The van der Waals surface area contributed by atoms with Gasteiger partial charge in [-0.05, 0) is 60.5 Å². The van der Waals surface area contributed by atoms with E-state index in [0.29, 0.717) is 29.6 Å². The molecule has 3 N–H and O–H groups in total. The van der Waals surface area contributed by atoms with Crippen molar-refractivity contribution in [1.82, 2.24) is 16.2 Å². The van der Waals surface area contributed by atoms with E-state index in [-0.39, 0.29) is 18.3 Å². The van der Waals surface area contributed by atoms with Crippen LogP contribution in [-0.2, 0) is 4.79 Å². The molecular weight excluding hydrogens is 490 g/mol. The number of hydrogen-bond acceptors (Lipinski definition) is 6. The first-order chi connectivity index (χ1) is 18.0. The van der Waals surface area contributed by atoms with Gasteiger partial charge in [0, 0.05) is 0 Å². The SMILES string of the molecule is CCC(C)c1ccccc1OCC(=O)NNC(=S)NC(=O)c1ccccc1OCCOc1ccccc1. The maximum absolute atomic E-state index is 12.7. The van der Waals surface area contributed by atoms with E-state index < -0.39 is 11.8 Å². The van der Waals surface area contributed by atoms with Crippen molar-refractivity contribution in [2.75, 3.05) is 19.8 Å². The fourth-order valence-corrected chi connectivity index (χ4v) is 3.50. The highest BCUT2D eigenvalue weighted by atomic mass is 32.1. The minimum Gasteiger partial charge on any atom is -0.490 e. The van der Waals surface area contributed by atoms with Crippen LogP contribution in [0.15, 0.2) is 78.9 Å². The zero-order valence-corrected chi connectivity index (χ0v) is 21.7. The average Bonchev–Trinajstić information content (AvgIpc) is 2.93. The van der Waals surface area contributed by atoms with Gasteiger partial charge < -0.3 is 14.2 Å². The maximum atomic E-state index is 12.7. The van der Waals surface area contributed by atoms with Crippen molar-refractivity contribution in [2.45, 2.75) is 26.2 Å². The third-order valence-corrected chi connectivity index (χ3v) is 5.65. The third kappa shape index (κ3) is 8.80. The van der Waals surface area contributed by atoms with Gasteiger partial charge in [-0.25, -0.2) is 0 Å². The maximum Gasteiger partial charge on any atom is 0.276 e. The number of amides is 2. The molecule has 0 heterocycles. The number of nitrogens with one attached hydrogen (secondary N) is 3. The summed E-state index contributed by atoms with van der Waals surface area (Å²) in [4.78, 5) is 25.0. The fraction of sp³-hybridized carbons (Fsp3) is 0.250. The van der Waals surface area contributed by atoms with Gasteiger partial charge in [0.2, 0.25) is 0 Å². The molecule has 0 aromatic heterocycles. The highest BCUT2D eigenvalue weighted by Gasteiger charge is 2.15. The molecule has 194 valence electrons. The molecule has 0 saturated carbocycles. The van der Waals surface area contributed by atoms with Gasteiger partial charge >= 0.3 is 0 Å². The van der Waals surface area contributed by atoms with Crippen molar-refractivity contribution >= 4 is 29.1 Å². The second-order valence-electron chi connectivity index (χ2n) is 8.10. The van der Waals surface area contributed by atoms with E-state index in [2.05, 4.69) is 30.0 Å². The fourth-order valence-electron chi connectivity index (χ4n) is 3.35. The molecule has 3 rings (SSSR count). The first kappa shape index (κ1) is 27.5. The van der Waals surface area contributed by atoms with Gasteiger partial charge in [-0.2, -0.15) is 0 Å². The van der Waals surface area contributed by atoms with E-state index in [0.717, 1.165) is 17.7 Å². The van der Waals surface area contributed by atoms with Crippen molar-refractivity contribution in [3.8, 4) is 17.2 Å². The van der Waals surface area contributed by atoms with Gasteiger partial charge in [0.05, 0.1) is 5.56 Å². The van der Waals surface area contributed by atoms with Crippen LogP contribution in [0.2, 0.25) is 0 Å². The molecule has 0 radical (unpaired) electrons. The van der Waals surface area contributed by atoms with Crippen molar-refractivity contribution in [3.05, 3.63) is 90.0 Å². The highest BCUT2D eigenvalue weighted by molar-refractivity contribution is 7.80. The standard InChI is InChI=1S/C28H31N3O5S/c1-3-20(2)22-13-7-9-15-24(22)36-19-26(32)30-31-28(37)29-27(33)23-14-8-10-16-25(23)35-18-17-34-21-11-5-4-6-12-21/h4-16,20H,3,17-19H2,1-2H3,(H,30,32)(H2,29,31,33,37). The lowest BCUT2D eigenvalue weighted by atomic mass is 9.98. The smallest absolute Gasteiger partial charge is 0.276 e. The van der Waals surface area contributed by atoms with E-state index in [1.54, 1.807) is 24.3 Å². The lowest BCUT2D eigenvalue weighted by Crippen LogP contribution is -2.49. The van der Waals surface area contributed by atoms with Crippen LogP contribution in [0.1, 0.15) is 42.1 Å². The lowest BCUT2D eigenvalue weighted by Gasteiger charge is -2.16. The molecule has 37 heavy (non-hydrogen) atoms. The predicted octanol–water partition coefficient (Wildman–Crippen LogP) is 4.37. The number of para-hydroxylation sites is 3. The normalized spacial score (nSPS) is 11.1. The van der Waals surface area contributed by atoms with Crippen LogP contribution in [-0.4, -0.2) is 36.7 Å². The Morgan fingerprint density at radius 2 is 1.46 bits per heavy atom. The Balaban J connectivity index is 1.43. The second-order valence-corrected chi connectivity index (χ2v) is 8.51. The summed E-state index contributed by atoms with van der Waals surface area (Å²) in [5.41, 5.74) is 6.28. The molecule has 0 spiro atoms. The van der Waals surface area contributed by atoms with Crippen LogP contribution in [0.5, 0.6) is 17.2 Å². The molecule has 0 aliphatic rings. The summed E-state index contributed by atoms with van der Waals surface area (Å²) < 4.78 is 17.0. The Morgan fingerprint density at radius 3 is 2.22 bits per heavy atom. The van der Waals surface area contributed by atoms with Crippen LogP contribution < -0.4 is 30.4 Å². The number of hydrazine groups is 1. The predicted molar refractivity (Wildman–Crippen MR) is 146 cm³/mol. The Hall–Kier alpha value is -4.11. The lowest BCUT2D eigenvalue weighted by molar-refractivity contribution is -0.123. The summed E-state index contributed by atoms with van der Waals surface area (Å²) in [5.74, 6) is 1.16. The number of hydrogen-bond donors (Lipinski definition) is 3. The van der Waals surface area contributed by atoms with Gasteiger partial charge in [-0.1, -0.05) is 62.4 Å². The first-order valence-electron chi connectivity index (χ1n) is 12.0. The number of benzene rings is 3. The van der Waals surface area contributed by atoms with Crippen LogP contribution in [0.4, 0.5) is 0 Å². The van der Waals surface area contributed by atoms with Gasteiger partial charge in [-0.15, -0.1) is 0 Å². The van der Waals surface area contributed by atoms with Crippen LogP contribution >= 0.6 is 12.2 Å². The van der Waals surface area contributed by atoms with E-state index in [1.807, 2.05) is 54.6 Å². The molecule has 0 aliphatic carbocycles. The quantitative estimate of drug-likeness (QED) is 0.196. The van der Waals surface area contributed by atoms with Crippen molar-refractivity contribution in [2.24, 2.45) is 0 Å². The Kier molecular flexibility index (Phi) is 10.7. The monoisotopic (exact) mass is 521 g/mol. The highest BCUT2D eigenvalue weighted by Crippen LogP contribution is 2.28. The number of rotatable bonds is 11. The number of carbonyl (C=O) groups is 2. The van der Waals surface area contributed by atoms with Gasteiger partial charge in [0.25, 0.3) is 11.8 Å². The van der Waals surface area contributed by atoms with Crippen molar-refractivity contribution < 1.29 is 23.8 Å². The summed E-state index contributed by atoms with van der Waals surface area (Å²) in [5, 5.41) is 2.46. The van der Waals surface area contributed by atoms with Gasteiger partial charge in [0.1, 0.15) is 30.5 Å². The molecule has 3 aromatic carbocycles. The van der Waals surface area contributed by atoms with Gasteiger partial charge in [0.15, 0.2) is 11.7 Å². The zero-order chi connectivity index (χ0) is 26.5. The van der Waals surface area contributed by atoms with Crippen LogP contribution in [0.3, 0.4) is 0 Å². The summed E-state index contributed by atoms with van der Waals surface area (Å²) in [6, 6.07) is 23.8. The number of carbonyl (C=O) groups excluding carboxylic acids is 2. The van der Waals surface area contributed by atoms with Crippen molar-refractivity contribution in [3.63, 3.8) is 0 Å². The van der Waals surface area contributed by atoms with E-state index in [9.17, 15) is 9.59 Å². The molecular formula is C28H31N3O5S. The first-order valence-corrected chi connectivity index (χ1v) is 12.4. The summed E-state index contributed by atoms with van der Waals surface area (Å²) >= 11 is 5.14. The Morgan fingerprint density at radius 1 is 0.811 bits per heavy atom. The Labute approximate surface area is 222 Å². The zero-order valence-electron chi connectivity index (χ0n) is 20.9. The molecule has 3 aromatic rings. The average molecular weight is 522 g/mol. The molecule has 0 bridgehead atoms. The summed E-state index contributed by atoms with van der Waals surface area (Å²) in [6.45, 7) is 4.55. The molecule has 9 heteroatoms. The topological polar surface area (TPSA) is 97.9 Å². The molecule has 8 nitrogen and oxygen atoms in total. The molecule has 0 saturated heterocycles. The Bertz CT molecular complexity index is 1190. The number of ether oxygens (including phenoxy) is 3. The molecule has 1 unspecified atom stereocenters. The minimum absolute atomic E-state index is 0.0689. The van der Waals surface area contributed by atoms with Crippen LogP contribution in [0, 0.1) is 0 Å². The minimum atomic E-state index is -0.481. The van der Waals surface area contributed by atoms with Crippen molar-refractivity contribution in [1.29, 1.82) is 0 Å². The second kappa shape index (κ2) is 14.4. The third-order valence-electron chi connectivity index (χ3n) is 5.45.